The molecule has 0 bridgehead atoms. The SMILES string of the molecule is CC(CNC(=O)C1CN(C(=O)Nc2ccccc2-c2ccccc2)CCN1S(=O)(=O)c1cccc2cccnc12)c1ccccc1. The fourth-order valence-electron chi connectivity index (χ4n) is 5.79. The van der Waals surface area contributed by atoms with Crippen molar-refractivity contribution in [3.63, 3.8) is 0 Å². The molecule has 4 aromatic carbocycles. The summed E-state index contributed by atoms with van der Waals surface area (Å²) >= 11 is 0. The van der Waals surface area contributed by atoms with Gasteiger partial charge in [-0.3, -0.25) is 9.78 Å². The molecule has 2 N–H and O–H groups in total. The number of anilines is 1. The van der Waals surface area contributed by atoms with E-state index in [-0.39, 0.29) is 30.4 Å². The van der Waals surface area contributed by atoms with Crippen LogP contribution >= 0.6 is 0 Å². The first-order valence-electron chi connectivity index (χ1n) is 15.2. The summed E-state index contributed by atoms with van der Waals surface area (Å²) in [4.78, 5) is 33.4. The number of amides is 3. The second kappa shape index (κ2) is 13.5. The number of aromatic nitrogens is 1. The number of fused-ring (bicyclic) bond motifs is 1. The Kier molecular flexibility index (Phi) is 9.09. The average molecular weight is 634 g/mol. The van der Waals surface area contributed by atoms with Gasteiger partial charge in [-0.05, 0) is 35.2 Å². The Morgan fingerprint density at radius 1 is 0.848 bits per heavy atom. The predicted molar refractivity (Wildman–Crippen MR) is 180 cm³/mol. The largest absolute Gasteiger partial charge is 0.354 e. The van der Waals surface area contributed by atoms with Crippen LogP contribution in [0.25, 0.3) is 22.0 Å². The van der Waals surface area contributed by atoms with Crippen LogP contribution < -0.4 is 10.6 Å². The first-order valence-corrected chi connectivity index (χ1v) is 16.7. The number of carbonyl (C=O) groups is 2. The van der Waals surface area contributed by atoms with E-state index in [0.717, 1.165) is 16.7 Å². The average Bonchev–Trinajstić information content (AvgIpc) is 3.10. The second-order valence-corrected chi connectivity index (χ2v) is 13.2. The number of carbonyl (C=O) groups excluding carboxylic acids is 2. The smallest absolute Gasteiger partial charge is 0.321 e. The molecule has 1 aromatic heterocycles. The Hall–Kier alpha value is -5.06. The van der Waals surface area contributed by atoms with Crippen LogP contribution in [0, 0.1) is 0 Å². The van der Waals surface area contributed by atoms with E-state index in [1.165, 1.54) is 15.3 Å². The molecule has 9 nitrogen and oxygen atoms in total. The van der Waals surface area contributed by atoms with Gasteiger partial charge >= 0.3 is 6.03 Å². The summed E-state index contributed by atoms with van der Waals surface area (Å²) in [6.07, 6.45) is 1.55. The van der Waals surface area contributed by atoms with Crippen LogP contribution in [-0.2, 0) is 14.8 Å². The van der Waals surface area contributed by atoms with Gasteiger partial charge in [0.2, 0.25) is 15.9 Å². The van der Waals surface area contributed by atoms with Gasteiger partial charge in [0, 0.05) is 43.3 Å². The number of sulfonamides is 1. The van der Waals surface area contributed by atoms with Crippen molar-refractivity contribution in [1.82, 2.24) is 19.5 Å². The number of nitrogens with one attached hydrogen (secondary N) is 2. The van der Waals surface area contributed by atoms with E-state index in [9.17, 15) is 18.0 Å². The van der Waals surface area contributed by atoms with Crippen molar-refractivity contribution in [3.05, 3.63) is 127 Å². The lowest BCUT2D eigenvalue weighted by molar-refractivity contribution is -0.126. The highest BCUT2D eigenvalue weighted by Crippen LogP contribution is 2.30. The topological polar surface area (TPSA) is 112 Å². The minimum Gasteiger partial charge on any atom is -0.354 e. The zero-order chi connectivity index (χ0) is 32.1. The third-order valence-corrected chi connectivity index (χ3v) is 10.2. The molecule has 6 rings (SSSR count). The van der Waals surface area contributed by atoms with Crippen molar-refractivity contribution in [2.24, 2.45) is 0 Å². The highest BCUT2D eigenvalue weighted by atomic mass is 32.2. The molecule has 0 aliphatic carbocycles. The molecular formula is C36H35N5O4S. The maximum atomic E-state index is 14.2. The molecule has 0 saturated carbocycles. The van der Waals surface area contributed by atoms with Crippen molar-refractivity contribution in [1.29, 1.82) is 0 Å². The zero-order valence-electron chi connectivity index (χ0n) is 25.4. The summed E-state index contributed by atoms with van der Waals surface area (Å²) < 4.78 is 29.7. The molecule has 1 aliphatic heterocycles. The predicted octanol–water partition coefficient (Wildman–Crippen LogP) is 5.73. The third kappa shape index (κ3) is 6.49. The minimum absolute atomic E-state index is 0.00467. The maximum Gasteiger partial charge on any atom is 0.321 e. The van der Waals surface area contributed by atoms with Crippen LogP contribution in [0.4, 0.5) is 10.5 Å². The van der Waals surface area contributed by atoms with Gasteiger partial charge < -0.3 is 15.5 Å². The van der Waals surface area contributed by atoms with E-state index in [1.54, 1.807) is 30.5 Å². The van der Waals surface area contributed by atoms with Gasteiger partial charge in [0.25, 0.3) is 0 Å². The van der Waals surface area contributed by atoms with Crippen molar-refractivity contribution in [2.75, 3.05) is 31.5 Å². The van der Waals surface area contributed by atoms with Crippen LogP contribution in [0.15, 0.2) is 126 Å². The Bertz CT molecular complexity index is 1950. The molecule has 46 heavy (non-hydrogen) atoms. The van der Waals surface area contributed by atoms with Gasteiger partial charge in [-0.25, -0.2) is 13.2 Å². The van der Waals surface area contributed by atoms with Gasteiger partial charge in [-0.2, -0.15) is 4.31 Å². The standard InChI is InChI=1S/C36H35N5O4S/c1-26(27-12-4-2-5-13-27)24-38-35(42)32-25-40(36(43)39-31-19-9-8-18-30(31)28-14-6-3-7-15-28)22-23-41(32)46(44,45)33-20-10-16-29-17-11-21-37-34(29)33/h2-21,26,32H,22-25H2,1H3,(H,38,42)(H,39,43). The van der Waals surface area contributed by atoms with Crippen LogP contribution in [0.3, 0.4) is 0 Å². The number of para-hydroxylation sites is 2. The zero-order valence-corrected chi connectivity index (χ0v) is 26.2. The maximum absolute atomic E-state index is 14.2. The van der Waals surface area contributed by atoms with Crippen LogP contribution in [0.5, 0.6) is 0 Å². The van der Waals surface area contributed by atoms with Crippen molar-refractivity contribution < 1.29 is 18.0 Å². The Labute approximate surface area is 268 Å². The molecule has 2 heterocycles. The molecule has 0 spiro atoms. The van der Waals surface area contributed by atoms with Crippen LogP contribution in [0.2, 0.25) is 0 Å². The van der Waals surface area contributed by atoms with E-state index in [1.807, 2.05) is 91.9 Å². The third-order valence-electron chi connectivity index (χ3n) is 8.31. The molecule has 234 valence electrons. The Morgan fingerprint density at radius 3 is 2.33 bits per heavy atom. The van der Waals surface area contributed by atoms with E-state index >= 15 is 0 Å². The number of hydrogen-bond acceptors (Lipinski definition) is 5. The van der Waals surface area contributed by atoms with Gasteiger partial charge in [0.1, 0.15) is 10.9 Å². The summed E-state index contributed by atoms with van der Waals surface area (Å²) in [6, 6.07) is 34.0. The lowest BCUT2D eigenvalue weighted by atomic mass is 10.0. The fourth-order valence-corrected chi connectivity index (χ4v) is 7.53. The highest BCUT2D eigenvalue weighted by Gasteiger charge is 2.42. The lowest BCUT2D eigenvalue weighted by Gasteiger charge is -2.39. The number of pyridine rings is 1. The van der Waals surface area contributed by atoms with Gasteiger partial charge in [-0.15, -0.1) is 0 Å². The molecule has 3 amide bonds. The van der Waals surface area contributed by atoms with Gasteiger partial charge in [0.15, 0.2) is 0 Å². The van der Waals surface area contributed by atoms with Crippen LogP contribution in [0.1, 0.15) is 18.4 Å². The summed E-state index contributed by atoms with van der Waals surface area (Å²) in [7, 11) is -4.17. The first-order chi connectivity index (χ1) is 22.3. The van der Waals surface area contributed by atoms with Gasteiger partial charge in [-0.1, -0.05) is 104 Å². The molecule has 10 heteroatoms. The quantitative estimate of drug-likeness (QED) is 0.227. The number of piperazine rings is 1. The fraction of sp³-hybridized carbons (Fsp3) is 0.194. The summed E-state index contributed by atoms with van der Waals surface area (Å²) in [5.41, 5.74) is 3.80. The second-order valence-electron chi connectivity index (χ2n) is 11.3. The Balaban J connectivity index is 1.27. The first kappa shape index (κ1) is 30.9. The molecule has 2 atom stereocenters. The normalized spacial score (nSPS) is 16.1. The monoisotopic (exact) mass is 633 g/mol. The number of urea groups is 1. The number of rotatable bonds is 8. The van der Waals surface area contributed by atoms with Crippen LogP contribution in [-0.4, -0.2) is 66.8 Å². The van der Waals surface area contributed by atoms with E-state index < -0.39 is 28.0 Å². The van der Waals surface area contributed by atoms with Crippen molar-refractivity contribution in [3.8, 4) is 11.1 Å². The number of nitrogens with zero attached hydrogens (tertiary/aromatic N) is 3. The molecule has 1 aliphatic rings. The van der Waals surface area contributed by atoms with E-state index in [4.69, 9.17) is 0 Å². The van der Waals surface area contributed by atoms with E-state index in [0.29, 0.717) is 23.1 Å². The summed E-state index contributed by atoms with van der Waals surface area (Å²) in [6.45, 7) is 2.21. The minimum atomic E-state index is -4.17. The number of hydrogen-bond donors (Lipinski definition) is 2. The van der Waals surface area contributed by atoms with Crippen molar-refractivity contribution >= 4 is 38.6 Å². The summed E-state index contributed by atoms with van der Waals surface area (Å²) in [5, 5.41) is 6.64. The number of benzene rings is 4. The molecule has 1 saturated heterocycles. The van der Waals surface area contributed by atoms with Gasteiger partial charge in [0.05, 0.1) is 11.2 Å². The van der Waals surface area contributed by atoms with E-state index in [2.05, 4.69) is 15.6 Å². The Morgan fingerprint density at radius 2 is 1.54 bits per heavy atom. The summed E-state index contributed by atoms with van der Waals surface area (Å²) in [5.74, 6) is -0.475. The molecule has 1 fully saturated rings. The molecule has 2 unspecified atom stereocenters. The molecule has 5 aromatic rings. The lowest BCUT2D eigenvalue weighted by Crippen LogP contribution is -2.62. The van der Waals surface area contributed by atoms with Crippen molar-refractivity contribution in [2.45, 2.75) is 23.8 Å². The highest BCUT2D eigenvalue weighted by molar-refractivity contribution is 7.89. The molecule has 0 radical (unpaired) electrons. The molecular weight excluding hydrogens is 598 g/mol.